The highest BCUT2D eigenvalue weighted by Crippen LogP contribution is 2.17. The lowest BCUT2D eigenvalue weighted by molar-refractivity contribution is -0.142. The highest BCUT2D eigenvalue weighted by molar-refractivity contribution is 5.96. The van der Waals surface area contributed by atoms with Crippen LogP contribution in [0.2, 0.25) is 0 Å². The van der Waals surface area contributed by atoms with Crippen LogP contribution in [0.5, 0.6) is 5.75 Å². The minimum Gasteiger partial charge on any atom is -0.486 e. The summed E-state index contributed by atoms with van der Waals surface area (Å²) >= 11 is 0. The number of aromatic nitrogens is 1. The van der Waals surface area contributed by atoms with Gasteiger partial charge in [-0.2, -0.15) is 0 Å². The fourth-order valence-corrected chi connectivity index (χ4v) is 2.24. The minimum absolute atomic E-state index is 0.141. The Kier molecular flexibility index (Phi) is 8.12. The molecule has 6 heteroatoms. The van der Waals surface area contributed by atoms with Crippen LogP contribution in [0.4, 0.5) is 0 Å². The number of hydrogen-bond donors (Lipinski definition) is 1. The third kappa shape index (κ3) is 6.55. The van der Waals surface area contributed by atoms with Gasteiger partial charge in [-0.3, -0.25) is 9.59 Å². The summed E-state index contributed by atoms with van der Waals surface area (Å²) in [5, 5.41) is 2.52. The van der Waals surface area contributed by atoms with Gasteiger partial charge in [-0.05, 0) is 24.1 Å². The number of nitrogens with zero attached hydrogens (tertiary/aromatic N) is 1. The second-order valence-electron chi connectivity index (χ2n) is 5.73. The first-order chi connectivity index (χ1) is 12.7. The quantitative estimate of drug-likeness (QED) is 0.523. The maximum atomic E-state index is 12.3. The Morgan fingerprint density at radius 2 is 1.88 bits per heavy atom. The molecule has 0 saturated carbocycles. The molecule has 2 aromatic rings. The Labute approximate surface area is 153 Å². The summed E-state index contributed by atoms with van der Waals surface area (Å²) in [6.45, 7) is 2.58. The molecule has 1 aromatic heterocycles. The number of esters is 1. The van der Waals surface area contributed by atoms with Gasteiger partial charge in [0, 0.05) is 6.20 Å². The molecule has 1 heterocycles. The second-order valence-corrected chi connectivity index (χ2v) is 5.73. The first-order valence-corrected chi connectivity index (χ1v) is 8.76. The number of pyridine rings is 1. The van der Waals surface area contributed by atoms with Gasteiger partial charge in [0.15, 0.2) is 11.4 Å². The number of ether oxygens (including phenoxy) is 2. The van der Waals surface area contributed by atoms with E-state index in [0.717, 1.165) is 24.8 Å². The van der Waals surface area contributed by atoms with E-state index in [2.05, 4.69) is 17.2 Å². The van der Waals surface area contributed by atoms with Crippen LogP contribution >= 0.6 is 0 Å². The predicted molar refractivity (Wildman–Crippen MR) is 97.8 cm³/mol. The summed E-state index contributed by atoms with van der Waals surface area (Å²) in [7, 11) is 0. The minimum atomic E-state index is -0.473. The highest BCUT2D eigenvalue weighted by Gasteiger charge is 2.15. The van der Waals surface area contributed by atoms with Gasteiger partial charge >= 0.3 is 5.97 Å². The third-order valence-corrected chi connectivity index (χ3v) is 3.63. The molecule has 0 aliphatic heterocycles. The molecule has 6 nitrogen and oxygen atoms in total. The fraction of sp³-hybridized carbons (Fsp3) is 0.350. The SMILES string of the molecule is CCCCCOC(=O)CNC(=O)c1ncccc1OCc1ccccc1. The van der Waals surface area contributed by atoms with Crippen LogP contribution in [0.1, 0.15) is 42.2 Å². The Morgan fingerprint density at radius 3 is 2.65 bits per heavy atom. The summed E-state index contributed by atoms with van der Waals surface area (Å²) in [6, 6.07) is 13.0. The van der Waals surface area contributed by atoms with Crippen molar-refractivity contribution in [2.24, 2.45) is 0 Å². The van der Waals surface area contributed by atoms with Crippen molar-refractivity contribution < 1.29 is 19.1 Å². The number of carbonyl (C=O) groups excluding carboxylic acids is 2. The number of hydrogen-bond acceptors (Lipinski definition) is 5. The summed E-state index contributed by atoms with van der Waals surface area (Å²) in [5.41, 5.74) is 1.13. The molecule has 1 aromatic carbocycles. The molecule has 1 amide bonds. The average Bonchev–Trinajstić information content (AvgIpc) is 2.69. The lowest BCUT2D eigenvalue weighted by Crippen LogP contribution is -2.31. The average molecular weight is 356 g/mol. The van der Waals surface area contributed by atoms with Gasteiger partial charge in [-0.25, -0.2) is 4.98 Å². The Balaban J connectivity index is 1.85. The van der Waals surface area contributed by atoms with Crippen molar-refractivity contribution in [3.8, 4) is 5.75 Å². The first kappa shape index (κ1) is 19.4. The smallest absolute Gasteiger partial charge is 0.325 e. The number of rotatable bonds is 10. The maximum Gasteiger partial charge on any atom is 0.325 e. The van der Waals surface area contributed by atoms with Crippen LogP contribution < -0.4 is 10.1 Å². The fourth-order valence-electron chi connectivity index (χ4n) is 2.24. The molecule has 0 aliphatic carbocycles. The van der Waals surface area contributed by atoms with Gasteiger partial charge in [0.05, 0.1) is 6.61 Å². The zero-order valence-electron chi connectivity index (χ0n) is 14.9. The van der Waals surface area contributed by atoms with E-state index in [1.165, 1.54) is 6.20 Å². The van der Waals surface area contributed by atoms with Crippen molar-refractivity contribution in [2.45, 2.75) is 32.8 Å². The van der Waals surface area contributed by atoms with Gasteiger partial charge in [-0.15, -0.1) is 0 Å². The second kappa shape index (κ2) is 10.9. The summed E-state index contributed by atoms with van der Waals surface area (Å²) in [5.74, 6) is -0.568. The van der Waals surface area contributed by atoms with E-state index in [1.807, 2.05) is 30.3 Å². The summed E-state index contributed by atoms with van der Waals surface area (Å²) in [6.07, 6.45) is 4.40. The topological polar surface area (TPSA) is 77.5 Å². The Morgan fingerprint density at radius 1 is 1.08 bits per heavy atom. The van der Waals surface area contributed by atoms with Gasteiger partial charge in [-0.1, -0.05) is 50.1 Å². The van der Waals surface area contributed by atoms with Crippen LogP contribution in [0, 0.1) is 0 Å². The third-order valence-electron chi connectivity index (χ3n) is 3.63. The van der Waals surface area contributed by atoms with Crippen LogP contribution in [-0.4, -0.2) is 30.0 Å². The molecule has 2 rings (SSSR count). The van der Waals surface area contributed by atoms with Crippen molar-refractivity contribution in [2.75, 3.05) is 13.2 Å². The van der Waals surface area contributed by atoms with Crippen LogP contribution in [0.25, 0.3) is 0 Å². The molecular formula is C20H24N2O4. The van der Waals surface area contributed by atoms with Crippen LogP contribution in [-0.2, 0) is 16.1 Å². The molecule has 138 valence electrons. The highest BCUT2D eigenvalue weighted by atomic mass is 16.5. The molecule has 0 saturated heterocycles. The summed E-state index contributed by atoms with van der Waals surface area (Å²) in [4.78, 5) is 28.0. The summed E-state index contributed by atoms with van der Waals surface area (Å²) < 4.78 is 10.8. The largest absolute Gasteiger partial charge is 0.486 e. The van der Waals surface area contributed by atoms with E-state index in [0.29, 0.717) is 19.0 Å². The molecule has 0 radical (unpaired) electrons. The molecule has 0 atom stereocenters. The lowest BCUT2D eigenvalue weighted by Gasteiger charge is -2.11. The number of nitrogens with one attached hydrogen (secondary N) is 1. The van der Waals surface area contributed by atoms with Gasteiger partial charge in [0.25, 0.3) is 5.91 Å². The van der Waals surface area contributed by atoms with Crippen molar-refractivity contribution in [3.63, 3.8) is 0 Å². The van der Waals surface area contributed by atoms with E-state index in [1.54, 1.807) is 12.1 Å². The number of unbranched alkanes of at least 4 members (excludes halogenated alkanes) is 2. The van der Waals surface area contributed by atoms with Gasteiger partial charge in [0.2, 0.25) is 0 Å². The molecule has 1 N–H and O–H groups in total. The Bertz CT molecular complexity index is 704. The zero-order chi connectivity index (χ0) is 18.6. The van der Waals surface area contributed by atoms with E-state index >= 15 is 0 Å². The molecule has 0 fully saturated rings. The molecule has 0 aliphatic rings. The molecular weight excluding hydrogens is 332 g/mol. The number of benzene rings is 1. The zero-order valence-corrected chi connectivity index (χ0v) is 14.9. The predicted octanol–water partition coefficient (Wildman–Crippen LogP) is 3.12. The van der Waals surface area contributed by atoms with E-state index in [-0.39, 0.29) is 12.2 Å². The van der Waals surface area contributed by atoms with Crippen LogP contribution in [0.15, 0.2) is 48.7 Å². The maximum absolute atomic E-state index is 12.3. The van der Waals surface area contributed by atoms with Crippen molar-refractivity contribution >= 4 is 11.9 Å². The molecule has 0 bridgehead atoms. The van der Waals surface area contributed by atoms with Crippen LogP contribution in [0.3, 0.4) is 0 Å². The van der Waals surface area contributed by atoms with E-state index < -0.39 is 11.9 Å². The normalized spacial score (nSPS) is 10.2. The van der Waals surface area contributed by atoms with Gasteiger partial charge in [0.1, 0.15) is 13.2 Å². The van der Waals surface area contributed by atoms with Crippen molar-refractivity contribution in [1.29, 1.82) is 0 Å². The number of amides is 1. The molecule has 0 unspecified atom stereocenters. The molecule has 26 heavy (non-hydrogen) atoms. The van der Waals surface area contributed by atoms with E-state index in [4.69, 9.17) is 9.47 Å². The molecule has 0 spiro atoms. The van der Waals surface area contributed by atoms with Gasteiger partial charge < -0.3 is 14.8 Å². The van der Waals surface area contributed by atoms with Crippen molar-refractivity contribution in [1.82, 2.24) is 10.3 Å². The Hall–Kier alpha value is -2.89. The lowest BCUT2D eigenvalue weighted by atomic mass is 10.2. The van der Waals surface area contributed by atoms with E-state index in [9.17, 15) is 9.59 Å². The van der Waals surface area contributed by atoms with Crippen molar-refractivity contribution in [3.05, 3.63) is 59.9 Å². The number of carbonyl (C=O) groups is 2. The monoisotopic (exact) mass is 356 g/mol. The first-order valence-electron chi connectivity index (χ1n) is 8.76. The standard InChI is InChI=1S/C20H24N2O4/c1-2-3-7-13-25-18(23)14-22-20(24)19-17(11-8-12-21-19)26-15-16-9-5-4-6-10-16/h4-6,8-12H,2-3,7,13-15H2,1H3,(H,22,24).